The van der Waals surface area contributed by atoms with E-state index in [1.807, 2.05) is 4.90 Å². The van der Waals surface area contributed by atoms with Gasteiger partial charge in [0.25, 0.3) is 5.91 Å². The van der Waals surface area contributed by atoms with Crippen LogP contribution in [0.1, 0.15) is 41.4 Å². The lowest BCUT2D eigenvalue weighted by Crippen LogP contribution is -2.37. The highest BCUT2D eigenvalue weighted by Gasteiger charge is 2.23. The van der Waals surface area contributed by atoms with Crippen LogP contribution in [0.4, 0.5) is 0 Å². The van der Waals surface area contributed by atoms with E-state index in [4.69, 9.17) is 4.42 Å². The van der Waals surface area contributed by atoms with E-state index in [9.17, 15) is 9.59 Å². The van der Waals surface area contributed by atoms with Gasteiger partial charge in [-0.1, -0.05) is 31.2 Å². The Balaban J connectivity index is 1.50. The lowest BCUT2D eigenvalue weighted by Gasteiger charge is -2.21. The molecule has 0 atom stereocenters. The van der Waals surface area contributed by atoms with Gasteiger partial charge in [-0.15, -0.1) is 0 Å². The van der Waals surface area contributed by atoms with E-state index < -0.39 is 0 Å². The Hall–Kier alpha value is -2.56. The number of nitrogens with zero attached hydrogens (tertiary/aromatic N) is 2. The normalized spacial score (nSPS) is 15.0. The fourth-order valence-corrected chi connectivity index (χ4v) is 3.28. The average molecular weight is 354 g/mol. The van der Waals surface area contributed by atoms with Crippen molar-refractivity contribution in [2.75, 3.05) is 26.2 Å². The van der Waals surface area contributed by atoms with Gasteiger partial charge in [-0.3, -0.25) is 9.59 Å². The van der Waals surface area contributed by atoms with E-state index in [1.165, 1.54) is 17.4 Å². The third-order valence-electron chi connectivity index (χ3n) is 4.93. The minimum absolute atomic E-state index is 0.0969. The van der Waals surface area contributed by atoms with Crippen LogP contribution in [0.15, 0.2) is 47.1 Å². The zero-order chi connectivity index (χ0) is 18.4. The van der Waals surface area contributed by atoms with Crippen molar-refractivity contribution in [2.45, 2.75) is 32.6 Å². The Morgan fingerprint density at radius 2 is 1.65 bits per heavy atom. The van der Waals surface area contributed by atoms with Crippen LogP contribution in [-0.4, -0.2) is 47.8 Å². The number of hydrogen-bond acceptors (Lipinski definition) is 3. The molecule has 1 aromatic heterocycles. The van der Waals surface area contributed by atoms with Gasteiger partial charge in [0, 0.05) is 32.6 Å². The van der Waals surface area contributed by atoms with Crippen LogP contribution in [0.2, 0.25) is 0 Å². The van der Waals surface area contributed by atoms with E-state index in [0.717, 1.165) is 19.3 Å². The maximum atomic E-state index is 12.6. The molecule has 3 rings (SSSR count). The van der Waals surface area contributed by atoms with Crippen molar-refractivity contribution in [2.24, 2.45) is 0 Å². The molecule has 5 nitrogen and oxygen atoms in total. The fourth-order valence-electron chi connectivity index (χ4n) is 3.28. The highest BCUT2D eigenvalue weighted by atomic mass is 16.3. The summed E-state index contributed by atoms with van der Waals surface area (Å²) in [6.07, 6.45) is 4.60. The predicted octanol–water partition coefficient (Wildman–Crippen LogP) is 3.15. The summed E-state index contributed by atoms with van der Waals surface area (Å²) < 4.78 is 5.20. The predicted molar refractivity (Wildman–Crippen MR) is 99.9 cm³/mol. The zero-order valence-corrected chi connectivity index (χ0v) is 15.3. The Bertz CT molecular complexity index is 722. The van der Waals surface area contributed by atoms with Crippen molar-refractivity contribution >= 4 is 11.8 Å². The van der Waals surface area contributed by atoms with Gasteiger partial charge < -0.3 is 14.2 Å². The van der Waals surface area contributed by atoms with Gasteiger partial charge in [-0.25, -0.2) is 0 Å². The van der Waals surface area contributed by atoms with Crippen molar-refractivity contribution < 1.29 is 14.0 Å². The average Bonchev–Trinajstić information content (AvgIpc) is 3.10. The van der Waals surface area contributed by atoms with Crippen molar-refractivity contribution in [1.29, 1.82) is 0 Å². The van der Waals surface area contributed by atoms with Crippen molar-refractivity contribution in [3.63, 3.8) is 0 Å². The SMILES string of the molecule is CCc1ccc(CCC(=O)N2CCCN(C(=O)c3ccco3)CC2)cc1. The van der Waals surface area contributed by atoms with E-state index in [1.54, 1.807) is 17.0 Å². The summed E-state index contributed by atoms with van der Waals surface area (Å²) in [6.45, 7) is 4.63. The number of benzene rings is 1. The summed E-state index contributed by atoms with van der Waals surface area (Å²) in [7, 11) is 0. The molecule has 2 heterocycles. The molecule has 0 spiro atoms. The highest BCUT2D eigenvalue weighted by molar-refractivity contribution is 5.91. The minimum Gasteiger partial charge on any atom is -0.459 e. The van der Waals surface area contributed by atoms with Crippen LogP contribution >= 0.6 is 0 Å². The van der Waals surface area contributed by atoms with Crippen LogP contribution in [-0.2, 0) is 17.6 Å². The van der Waals surface area contributed by atoms with Gasteiger partial charge in [0.2, 0.25) is 5.91 Å². The Kier molecular flexibility index (Phi) is 6.10. The summed E-state index contributed by atoms with van der Waals surface area (Å²) in [6, 6.07) is 11.9. The molecule has 1 aromatic carbocycles. The van der Waals surface area contributed by atoms with E-state index in [2.05, 4.69) is 31.2 Å². The molecule has 138 valence electrons. The third-order valence-corrected chi connectivity index (χ3v) is 4.93. The number of carbonyl (C=O) groups excluding carboxylic acids is 2. The molecule has 1 saturated heterocycles. The number of amides is 2. The van der Waals surface area contributed by atoms with Gasteiger partial charge in [0.1, 0.15) is 0 Å². The Morgan fingerprint density at radius 1 is 0.962 bits per heavy atom. The van der Waals surface area contributed by atoms with Gasteiger partial charge >= 0.3 is 0 Å². The first-order valence-electron chi connectivity index (χ1n) is 9.35. The Morgan fingerprint density at radius 3 is 2.35 bits per heavy atom. The third kappa shape index (κ3) is 4.54. The molecule has 0 aliphatic carbocycles. The largest absolute Gasteiger partial charge is 0.459 e. The molecule has 1 aliphatic heterocycles. The zero-order valence-electron chi connectivity index (χ0n) is 15.3. The number of furan rings is 1. The van der Waals surface area contributed by atoms with Crippen LogP contribution in [0.25, 0.3) is 0 Å². The van der Waals surface area contributed by atoms with Crippen LogP contribution in [0, 0.1) is 0 Å². The molecule has 1 aliphatic rings. The van der Waals surface area contributed by atoms with E-state index in [0.29, 0.717) is 38.4 Å². The molecule has 5 heteroatoms. The molecule has 0 saturated carbocycles. The molecule has 2 amide bonds. The van der Waals surface area contributed by atoms with Gasteiger partial charge in [-0.2, -0.15) is 0 Å². The summed E-state index contributed by atoms with van der Waals surface area (Å²) >= 11 is 0. The lowest BCUT2D eigenvalue weighted by molar-refractivity contribution is -0.131. The van der Waals surface area contributed by atoms with Gasteiger partial charge in [-0.05, 0) is 42.5 Å². The van der Waals surface area contributed by atoms with E-state index in [-0.39, 0.29) is 11.8 Å². The van der Waals surface area contributed by atoms with Gasteiger partial charge in [0.15, 0.2) is 5.76 Å². The molecule has 0 unspecified atom stereocenters. The molecule has 26 heavy (non-hydrogen) atoms. The van der Waals surface area contributed by atoms with Crippen LogP contribution < -0.4 is 0 Å². The molecular formula is C21H26N2O3. The first kappa shape index (κ1) is 18.2. The van der Waals surface area contributed by atoms with Crippen LogP contribution in [0.3, 0.4) is 0 Å². The molecule has 0 bridgehead atoms. The molecular weight excluding hydrogens is 328 g/mol. The van der Waals surface area contributed by atoms with Crippen molar-refractivity contribution in [3.8, 4) is 0 Å². The van der Waals surface area contributed by atoms with Crippen molar-refractivity contribution in [1.82, 2.24) is 9.80 Å². The van der Waals surface area contributed by atoms with Crippen LogP contribution in [0.5, 0.6) is 0 Å². The van der Waals surface area contributed by atoms with Gasteiger partial charge in [0.05, 0.1) is 6.26 Å². The monoisotopic (exact) mass is 354 g/mol. The lowest BCUT2D eigenvalue weighted by atomic mass is 10.1. The summed E-state index contributed by atoms with van der Waals surface area (Å²) in [5, 5.41) is 0. The summed E-state index contributed by atoms with van der Waals surface area (Å²) in [5.74, 6) is 0.428. The second-order valence-electron chi connectivity index (χ2n) is 6.67. The maximum Gasteiger partial charge on any atom is 0.289 e. The highest BCUT2D eigenvalue weighted by Crippen LogP contribution is 2.12. The first-order chi connectivity index (χ1) is 12.7. The van der Waals surface area contributed by atoms with Crippen molar-refractivity contribution in [3.05, 3.63) is 59.5 Å². The number of hydrogen-bond donors (Lipinski definition) is 0. The minimum atomic E-state index is -0.0969. The first-order valence-corrected chi connectivity index (χ1v) is 9.35. The quantitative estimate of drug-likeness (QED) is 0.829. The summed E-state index contributed by atoms with van der Waals surface area (Å²) in [4.78, 5) is 28.6. The smallest absolute Gasteiger partial charge is 0.289 e. The standard InChI is InChI=1S/C21H26N2O3/c1-2-17-6-8-18(9-7-17)10-11-20(24)22-12-4-13-23(15-14-22)21(25)19-5-3-16-26-19/h3,5-9,16H,2,4,10-15H2,1H3. The number of aryl methyl sites for hydroxylation is 2. The number of rotatable bonds is 5. The molecule has 2 aromatic rings. The number of carbonyl (C=O) groups is 2. The summed E-state index contributed by atoms with van der Waals surface area (Å²) in [5.41, 5.74) is 2.51. The molecule has 0 radical (unpaired) electrons. The Labute approximate surface area is 154 Å². The second-order valence-corrected chi connectivity index (χ2v) is 6.67. The second kappa shape index (κ2) is 8.70. The topological polar surface area (TPSA) is 53.8 Å². The fraction of sp³-hybridized carbons (Fsp3) is 0.429. The van der Waals surface area contributed by atoms with E-state index >= 15 is 0 Å². The molecule has 0 N–H and O–H groups in total. The molecule has 1 fully saturated rings. The maximum absolute atomic E-state index is 12.6.